The summed E-state index contributed by atoms with van der Waals surface area (Å²) in [7, 11) is -0.428. The summed E-state index contributed by atoms with van der Waals surface area (Å²) < 4.78 is 16.1. The zero-order valence-electron chi connectivity index (χ0n) is 7.47. The van der Waals surface area contributed by atoms with E-state index in [9.17, 15) is 0 Å². The van der Waals surface area contributed by atoms with E-state index in [0.717, 1.165) is 11.1 Å². The van der Waals surface area contributed by atoms with Gasteiger partial charge in [0.15, 0.2) is 5.58 Å². The molecule has 1 fully saturated rings. The summed E-state index contributed by atoms with van der Waals surface area (Å²) in [6.45, 7) is 1.20. The first-order valence-corrected chi connectivity index (χ1v) is 4.52. The van der Waals surface area contributed by atoms with Gasteiger partial charge in [-0.25, -0.2) is 4.98 Å². The van der Waals surface area contributed by atoms with Crippen LogP contribution in [-0.4, -0.2) is 25.3 Å². The van der Waals surface area contributed by atoms with E-state index in [1.54, 1.807) is 0 Å². The number of oxazole rings is 1. The normalized spacial score (nSPS) is 16.7. The van der Waals surface area contributed by atoms with Crippen molar-refractivity contribution in [3.63, 3.8) is 0 Å². The number of hydrogen-bond acceptors (Lipinski definition) is 4. The van der Waals surface area contributed by atoms with Crippen LogP contribution in [0.2, 0.25) is 0 Å². The number of rotatable bonds is 1. The van der Waals surface area contributed by atoms with Gasteiger partial charge in [0.25, 0.3) is 0 Å². The van der Waals surface area contributed by atoms with Crippen LogP contribution >= 0.6 is 0 Å². The van der Waals surface area contributed by atoms with Crippen LogP contribution in [0.3, 0.4) is 0 Å². The average molecular weight is 189 g/mol. The van der Waals surface area contributed by atoms with Crippen LogP contribution < -0.4 is 5.79 Å². The van der Waals surface area contributed by atoms with Gasteiger partial charge in [0.1, 0.15) is 5.52 Å². The van der Waals surface area contributed by atoms with Gasteiger partial charge in [0, 0.05) is 0 Å². The first-order valence-electron chi connectivity index (χ1n) is 4.52. The Balaban J connectivity index is 2.05. The Morgan fingerprint density at radius 3 is 2.71 bits per heavy atom. The third kappa shape index (κ3) is 1.22. The van der Waals surface area contributed by atoms with E-state index < -0.39 is 7.12 Å². The number of benzene rings is 1. The molecule has 0 radical (unpaired) electrons. The van der Waals surface area contributed by atoms with Crippen LogP contribution in [-0.2, 0) is 9.31 Å². The molecule has 1 aromatic carbocycles. The molecule has 0 saturated carbocycles. The number of para-hydroxylation sites is 2. The smallest absolute Gasteiger partial charge is 0.444 e. The van der Waals surface area contributed by atoms with Crippen molar-refractivity contribution in [1.82, 2.24) is 4.98 Å². The van der Waals surface area contributed by atoms with E-state index in [0.29, 0.717) is 19.0 Å². The molecule has 4 nitrogen and oxygen atoms in total. The summed E-state index contributed by atoms with van der Waals surface area (Å²) in [6.07, 6.45) is 0. The first kappa shape index (κ1) is 8.02. The lowest BCUT2D eigenvalue weighted by atomic mass is 9.91. The molecule has 0 aliphatic carbocycles. The van der Waals surface area contributed by atoms with Crippen molar-refractivity contribution in [1.29, 1.82) is 0 Å². The second-order valence-electron chi connectivity index (χ2n) is 3.09. The van der Waals surface area contributed by atoms with Gasteiger partial charge < -0.3 is 13.7 Å². The summed E-state index contributed by atoms with van der Waals surface area (Å²) in [5, 5.41) is 0. The van der Waals surface area contributed by atoms with Gasteiger partial charge in [-0.1, -0.05) is 12.1 Å². The molecular formula is C9H8BNO3. The van der Waals surface area contributed by atoms with Gasteiger partial charge in [-0.05, 0) is 12.1 Å². The molecule has 1 saturated heterocycles. The quantitative estimate of drug-likeness (QED) is 0.615. The van der Waals surface area contributed by atoms with Gasteiger partial charge in [-0.3, -0.25) is 0 Å². The van der Waals surface area contributed by atoms with Crippen LogP contribution in [0.1, 0.15) is 0 Å². The summed E-state index contributed by atoms with van der Waals surface area (Å²) in [4.78, 5) is 4.28. The minimum absolute atomic E-state index is 0.428. The van der Waals surface area contributed by atoms with E-state index in [1.807, 2.05) is 24.3 Å². The Hall–Kier alpha value is -1.33. The maximum absolute atomic E-state index is 5.49. The highest BCUT2D eigenvalue weighted by molar-refractivity contribution is 6.59. The van der Waals surface area contributed by atoms with Crippen molar-refractivity contribution in [2.45, 2.75) is 0 Å². The monoisotopic (exact) mass is 189 g/mol. The second kappa shape index (κ2) is 3.11. The summed E-state index contributed by atoms with van der Waals surface area (Å²) in [5.41, 5.74) is 1.60. The largest absolute Gasteiger partial charge is 0.553 e. The summed E-state index contributed by atoms with van der Waals surface area (Å²) in [6, 6.07) is 7.61. The lowest BCUT2D eigenvalue weighted by molar-refractivity contribution is 0.365. The fraction of sp³-hybridized carbons (Fsp3) is 0.222. The molecule has 14 heavy (non-hydrogen) atoms. The van der Waals surface area contributed by atoms with E-state index in [4.69, 9.17) is 13.7 Å². The molecule has 2 aromatic rings. The predicted octanol–water partition coefficient (Wildman–Crippen LogP) is 0.570. The molecule has 0 N–H and O–H groups in total. The van der Waals surface area contributed by atoms with E-state index in [-0.39, 0.29) is 0 Å². The Morgan fingerprint density at radius 2 is 1.93 bits per heavy atom. The van der Waals surface area contributed by atoms with Crippen molar-refractivity contribution >= 4 is 24.0 Å². The van der Waals surface area contributed by atoms with Gasteiger partial charge in [-0.2, -0.15) is 0 Å². The molecule has 3 rings (SSSR count). The van der Waals surface area contributed by atoms with Crippen LogP contribution in [0, 0.1) is 0 Å². The first-order chi connectivity index (χ1) is 6.93. The summed E-state index contributed by atoms with van der Waals surface area (Å²) >= 11 is 0. The zero-order valence-corrected chi connectivity index (χ0v) is 7.47. The Morgan fingerprint density at radius 1 is 1.14 bits per heavy atom. The molecule has 0 spiro atoms. The van der Waals surface area contributed by atoms with Crippen molar-refractivity contribution in [3.8, 4) is 0 Å². The van der Waals surface area contributed by atoms with Crippen LogP contribution in [0.5, 0.6) is 0 Å². The van der Waals surface area contributed by atoms with Gasteiger partial charge in [-0.15, -0.1) is 0 Å². The molecule has 1 aliphatic heterocycles. The third-order valence-corrected chi connectivity index (χ3v) is 2.13. The lowest BCUT2D eigenvalue weighted by Gasteiger charge is -1.95. The zero-order chi connectivity index (χ0) is 9.38. The molecule has 1 aliphatic rings. The van der Waals surface area contributed by atoms with Crippen LogP contribution in [0.15, 0.2) is 28.7 Å². The van der Waals surface area contributed by atoms with E-state index >= 15 is 0 Å². The Kier molecular flexibility index (Phi) is 1.78. The minimum atomic E-state index is -0.428. The molecule has 0 unspecified atom stereocenters. The van der Waals surface area contributed by atoms with Gasteiger partial charge in [0.2, 0.25) is 5.79 Å². The number of hydrogen-bond donors (Lipinski definition) is 0. The van der Waals surface area contributed by atoms with E-state index in [2.05, 4.69) is 4.98 Å². The van der Waals surface area contributed by atoms with Crippen molar-refractivity contribution in [3.05, 3.63) is 24.3 Å². The SMILES string of the molecule is c1ccc2oc(B3OCCO3)nc2c1. The third-order valence-electron chi connectivity index (χ3n) is 2.13. The molecule has 2 heterocycles. The second-order valence-corrected chi connectivity index (χ2v) is 3.09. The van der Waals surface area contributed by atoms with Crippen molar-refractivity contribution < 1.29 is 13.7 Å². The van der Waals surface area contributed by atoms with Crippen LogP contribution in [0.25, 0.3) is 11.1 Å². The Bertz CT molecular complexity index is 417. The van der Waals surface area contributed by atoms with Gasteiger partial charge >= 0.3 is 7.12 Å². The van der Waals surface area contributed by atoms with Crippen molar-refractivity contribution in [2.75, 3.05) is 13.2 Å². The molecule has 0 atom stereocenters. The highest BCUT2D eigenvalue weighted by atomic mass is 16.6. The fourth-order valence-electron chi connectivity index (χ4n) is 1.49. The highest BCUT2D eigenvalue weighted by Crippen LogP contribution is 2.11. The molecule has 0 bridgehead atoms. The fourth-order valence-corrected chi connectivity index (χ4v) is 1.49. The number of fused-ring (bicyclic) bond motifs is 1. The van der Waals surface area contributed by atoms with Gasteiger partial charge in [0.05, 0.1) is 13.2 Å². The summed E-state index contributed by atoms with van der Waals surface area (Å²) in [5.74, 6) is 0.503. The van der Waals surface area contributed by atoms with Crippen molar-refractivity contribution in [2.24, 2.45) is 0 Å². The number of nitrogens with zero attached hydrogens (tertiary/aromatic N) is 1. The maximum Gasteiger partial charge on any atom is 0.553 e. The standard InChI is InChI=1S/C9H8BNO3/c1-2-4-8-7(3-1)11-9(14-8)10-12-5-6-13-10/h1-4H,5-6H2. The molecular weight excluding hydrogens is 181 g/mol. The maximum atomic E-state index is 5.49. The predicted molar refractivity (Wildman–Crippen MR) is 51.3 cm³/mol. The van der Waals surface area contributed by atoms with Crippen LogP contribution in [0.4, 0.5) is 0 Å². The minimum Gasteiger partial charge on any atom is -0.444 e. The number of aromatic nitrogens is 1. The molecule has 5 heteroatoms. The van der Waals surface area contributed by atoms with E-state index in [1.165, 1.54) is 0 Å². The Labute approximate surface area is 81.0 Å². The lowest BCUT2D eigenvalue weighted by Crippen LogP contribution is -2.32. The molecule has 1 aromatic heterocycles. The average Bonchev–Trinajstić information content (AvgIpc) is 2.86. The topological polar surface area (TPSA) is 44.5 Å². The molecule has 0 amide bonds. The highest BCUT2D eigenvalue weighted by Gasteiger charge is 2.31. The molecule has 70 valence electrons.